The second-order valence-electron chi connectivity index (χ2n) is 26.3. The van der Waals surface area contributed by atoms with Gasteiger partial charge >= 0.3 is 0 Å². The molecule has 0 saturated carbocycles. The van der Waals surface area contributed by atoms with Gasteiger partial charge in [0.15, 0.2) is 0 Å². The van der Waals surface area contributed by atoms with Gasteiger partial charge in [-0.1, -0.05) is 182 Å². The van der Waals surface area contributed by atoms with Gasteiger partial charge in [-0.2, -0.15) is 0 Å². The Bertz CT molecular complexity index is 5380. The van der Waals surface area contributed by atoms with Crippen LogP contribution in [0.15, 0.2) is 292 Å². The minimum absolute atomic E-state index is 0.259. The summed E-state index contributed by atoms with van der Waals surface area (Å²) >= 11 is 0. The van der Waals surface area contributed by atoms with Crippen LogP contribution in [0, 0.1) is 35.5 Å². The summed E-state index contributed by atoms with van der Waals surface area (Å²) in [6, 6.07) is 92.9. The molecule has 0 amide bonds. The number of fused-ring (bicyclic) bond motifs is 12. The average molecular weight is 1330 g/mol. The Morgan fingerprint density at radius 2 is 0.485 bits per heavy atom. The van der Waals surface area contributed by atoms with Crippen LogP contribution in [0.5, 0.6) is 17.2 Å². The Morgan fingerprint density at radius 1 is 0.262 bits per heavy atom. The van der Waals surface area contributed by atoms with Crippen LogP contribution in [0.3, 0.4) is 0 Å². The predicted molar refractivity (Wildman–Crippen MR) is 408 cm³/mol. The highest BCUT2D eigenvalue weighted by Crippen LogP contribution is 2.59. The lowest BCUT2D eigenvalue weighted by molar-refractivity contribution is 0.370. The van der Waals surface area contributed by atoms with Crippen LogP contribution in [0.2, 0.25) is 0 Å². The molecule has 0 aliphatic heterocycles. The van der Waals surface area contributed by atoms with Gasteiger partial charge in [-0.3, -0.25) is 29.9 Å². The molecule has 9 nitrogen and oxygen atoms in total. The molecule has 15 aromatic rings. The minimum atomic E-state index is -0.784. The fourth-order valence-corrected chi connectivity index (χ4v) is 16.8. The van der Waals surface area contributed by atoms with Gasteiger partial charge in [0.2, 0.25) is 0 Å². The van der Waals surface area contributed by atoms with Crippen molar-refractivity contribution >= 4 is 32.3 Å². The van der Waals surface area contributed by atoms with Crippen LogP contribution in [-0.2, 0) is 16.2 Å². The molecule has 0 fully saturated rings. The van der Waals surface area contributed by atoms with E-state index in [-0.39, 0.29) is 5.92 Å². The quantitative estimate of drug-likeness (QED) is 0.0733. The highest BCUT2D eigenvalue weighted by molar-refractivity contribution is 5.92. The molecule has 103 heavy (non-hydrogen) atoms. The van der Waals surface area contributed by atoms with Crippen LogP contribution in [0.4, 0.5) is 0 Å². The van der Waals surface area contributed by atoms with Crippen molar-refractivity contribution in [3.63, 3.8) is 0 Å². The van der Waals surface area contributed by atoms with E-state index in [2.05, 4.69) is 236 Å². The fraction of sp³-hybridized carbons (Fsp3) is 0.106. The third kappa shape index (κ3) is 9.90. The Kier molecular flexibility index (Phi) is 15.3. The molecule has 0 bridgehead atoms. The molecule has 0 unspecified atom stereocenters. The summed E-state index contributed by atoms with van der Waals surface area (Å²) in [5, 5.41) is 6.48. The van der Waals surface area contributed by atoms with Crippen LogP contribution in [0.1, 0.15) is 110 Å². The minimum Gasteiger partial charge on any atom is -0.481 e. The fourth-order valence-electron chi connectivity index (χ4n) is 16.8. The van der Waals surface area contributed by atoms with Crippen molar-refractivity contribution in [3.8, 4) is 86.9 Å². The predicted octanol–water partition coefficient (Wildman–Crippen LogP) is 19.0. The van der Waals surface area contributed by atoms with Crippen molar-refractivity contribution in [2.75, 3.05) is 19.8 Å². The van der Waals surface area contributed by atoms with Crippen LogP contribution in [0.25, 0.3) is 66.5 Å². The number of hydrogen-bond acceptors (Lipinski definition) is 9. The third-order valence-corrected chi connectivity index (χ3v) is 21.2. The largest absolute Gasteiger partial charge is 0.481 e. The molecule has 3 aliphatic carbocycles. The van der Waals surface area contributed by atoms with E-state index in [1.807, 2.05) is 113 Å². The molecule has 18 rings (SSSR count). The maximum Gasteiger partial charge on any atom is 0.149 e. The summed E-state index contributed by atoms with van der Waals surface area (Å²) in [4.78, 5) is 30.5. The van der Waals surface area contributed by atoms with Crippen molar-refractivity contribution in [1.82, 2.24) is 29.9 Å². The zero-order valence-electron chi connectivity index (χ0n) is 56.8. The second kappa shape index (κ2) is 25.5. The summed E-state index contributed by atoms with van der Waals surface area (Å²) in [5.74, 6) is 20.0. The van der Waals surface area contributed by atoms with Gasteiger partial charge in [0.1, 0.15) is 37.1 Å². The van der Waals surface area contributed by atoms with E-state index in [9.17, 15) is 0 Å². The van der Waals surface area contributed by atoms with E-state index in [4.69, 9.17) is 44.1 Å². The zero-order valence-corrected chi connectivity index (χ0v) is 56.8. The first-order chi connectivity index (χ1) is 50.9. The van der Waals surface area contributed by atoms with E-state index < -0.39 is 16.2 Å². The van der Waals surface area contributed by atoms with Crippen LogP contribution < -0.4 is 14.2 Å². The molecule has 488 valence electrons. The SMILES string of the molecule is CC#CCOc1ccc2cc(C3(c4ccc(C(c5ccc(C6(c7ccc8cc(OCC#CC)ccc8c7)c7cccnc7-c7ncccc76)cc5)c5ccc(C6(c7ccc8cc(OCC#CC)ccc8c7)c7cccnc7-c7ncccc76)cc5)cc4)c4cccnc4-c4ncccc43)ccc2c1. The first kappa shape index (κ1) is 62.0. The molecule has 0 radical (unpaired) electrons. The lowest BCUT2D eigenvalue weighted by Crippen LogP contribution is -2.29. The molecule has 9 aromatic carbocycles. The molecule has 3 aliphatic rings. The highest BCUT2D eigenvalue weighted by Gasteiger charge is 2.51. The number of nitrogens with zero attached hydrogens (tertiary/aromatic N) is 6. The molecule has 0 saturated heterocycles. The van der Waals surface area contributed by atoms with Gasteiger partial charge in [-0.15, -0.1) is 17.8 Å². The third-order valence-electron chi connectivity index (χ3n) is 21.2. The number of aromatic nitrogens is 6. The summed E-state index contributed by atoms with van der Waals surface area (Å²) in [7, 11) is 0. The normalized spacial score (nSPS) is 13.4. The summed E-state index contributed by atoms with van der Waals surface area (Å²) < 4.78 is 18.2. The van der Waals surface area contributed by atoms with E-state index in [0.717, 1.165) is 167 Å². The topological polar surface area (TPSA) is 105 Å². The van der Waals surface area contributed by atoms with Gasteiger partial charge < -0.3 is 14.2 Å². The molecular weight excluding hydrogens is 1260 g/mol. The van der Waals surface area contributed by atoms with Crippen molar-refractivity contribution < 1.29 is 14.2 Å². The first-order valence-electron chi connectivity index (χ1n) is 34.7. The Balaban J connectivity index is 0.816. The van der Waals surface area contributed by atoms with Gasteiger partial charge in [-0.25, -0.2) is 0 Å². The van der Waals surface area contributed by atoms with Gasteiger partial charge in [-0.05, 0) is 228 Å². The monoisotopic (exact) mass is 1320 g/mol. The van der Waals surface area contributed by atoms with E-state index in [1.54, 1.807) is 0 Å². The maximum absolute atomic E-state index is 6.06. The molecule has 0 N–H and O–H groups in total. The Morgan fingerprint density at radius 3 is 0.728 bits per heavy atom. The molecule has 9 heteroatoms. The van der Waals surface area contributed by atoms with Crippen LogP contribution in [-0.4, -0.2) is 49.7 Å². The molecular formula is C94H64N6O3. The maximum atomic E-state index is 6.06. The first-order valence-corrected chi connectivity index (χ1v) is 34.7. The van der Waals surface area contributed by atoms with Crippen molar-refractivity contribution in [2.24, 2.45) is 0 Å². The van der Waals surface area contributed by atoms with E-state index in [1.165, 1.54) is 0 Å². The van der Waals surface area contributed by atoms with Gasteiger partial charge in [0.05, 0.1) is 50.4 Å². The number of hydrogen-bond donors (Lipinski definition) is 0. The Labute approximate surface area is 598 Å². The molecule has 6 aromatic heterocycles. The zero-order chi connectivity index (χ0) is 69.1. The van der Waals surface area contributed by atoms with E-state index >= 15 is 0 Å². The van der Waals surface area contributed by atoms with Crippen LogP contribution >= 0.6 is 0 Å². The lowest BCUT2D eigenvalue weighted by Gasteiger charge is -2.35. The smallest absolute Gasteiger partial charge is 0.149 e. The van der Waals surface area contributed by atoms with Crippen molar-refractivity contribution in [2.45, 2.75) is 42.9 Å². The Hall–Kier alpha value is -13.3. The number of benzene rings is 9. The lowest BCUT2D eigenvalue weighted by atomic mass is 9.66. The van der Waals surface area contributed by atoms with Gasteiger partial charge in [0, 0.05) is 43.1 Å². The summed E-state index contributed by atoms with van der Waals surface area (Å²) in [6.07, 6.45) is 11.2. The number of ether oxygens (including phenoxy) is 3. The summed E-state index contributed by atoms with van der Waals surface area (Å²) in [6.45, 7) is 6.46. The second-order valence-corrected chi connectivity index (χ2v) is 26.3. The molecule has 0 spiro atoms. The molecule has 6 heterocycles. The van der Waals surface area contributed by atoms with E-state index in [0.29, 0.717) is 19.8 Å². The molecule has 0 atom stereocenters. The standard InChI is InChI=1S/C94H64N6O3/c1-4-7-52-101-76-43-31-64-55-73(40-28-67(64)58-76)92(79-16-10-46-95-86(79)87-80(92)17-11-47-96-87)70-34-22-61(23-35-70)85(62-24-36-71(37-25-62)93(81-18-12-48-97-88(81)89-82(93)19-13-49-98-89)74-41-29-68-59-77(102-53-8-5-2)44-32-65(68)56-74)63-26-38-72(39-27-63)94(83-20-14-50-99-90(83)91-84(94)21-15-51-100-91)75-42-30-69-60-78(103-54-9-6-3)45-33-66(69)57-75/h10-51,55-60,85H,52-54H2,1-3H3. The summed E-state index contributed by atoms with van der Waals surface area (Å²) in [5.41, 5.74) is 19.3. The van der Waals surface area contributed by atoms with Crippen molar-refractivity contribution in [3.05, 3.63) is 375 Å². The average Bonchev–Trinajstić information content (AvgIpc) is 1.58. The highest BCUT2D eigenvalue weighted by atomic mass is 16.5. The van der Waals surface area contributed by atoms with Gasteiger partial charge in [0.25, 0.3) is 0 Å². The number of pyridine rings is 6. The number of rotatable bonds is 15. The van der Waals surface area contributed by atoms with Crippen molar-refractivity contribution in [1.29, 1.82) is 0 Å².